The molecular weight excluding hydrogens is 181 g/mol. The largest absolute Gasteiger partial charge is 0.351 e. The molecule has 0 spiro atoms. The van der Waals surface area contributed by atoms with Crippen molar-refractivity contribution in [2.75, 3.05) is 5.32 Å². The highest BCUT2D eigenvalue weighted by Gasteiger charge is 2.36. The summed E-state index contributed by atoms with van der Waals surface area (Å²) in [4.78, 5) is 7.71. The van der Waals surface area contributed by atoms with Crippen LogP contribution in [0.1, 0.15) is 26.2 Å². The third-order valence-electron chi connectivity index (χ3n) is 2.52. The van der Waals surface area contributed by atoms with Crippen LogP contribution in [-0.2, 0) is 0 Å². The lowest BCUT2D eigenvalue weighted by molar-refractivity contribution is 0.613. The first-order valence-corrected chi connectivity index (χ1v) is 5.03. The van der Waals surface area contributed by atoms with Crippen LogP contribution >= 0.6 is 0 Å². The van der Waals surface area contributed by atoms with Crippen LogP contribution < -0.4 is 5.32 Å². The highest BCUT2D eigenvalue weighted by atomic mass is 19.1. The summed E-state index contributed by atoms with van der Waals surface area (Å²) in [5.74, 6) is 0.903. The Labute approximate surface area is 82.8 Å². The third kappa shape index (κ3) is 2.19. The Balaban J connectivity index is 1.84. The topological polar surface area (TPSA) is 37.8 Å². The Morgan fingerprint density at radius 1 is 1.50 bits per heavy atom. The first-order chi connectivity index (χ1) is 6.79. The molecule has 1 N–H and O–H groups in total. The van der Waals surface area contributed by atoms with Crippen LogP contribution in [0.25, 0.3) is 0 Å². The zero-order chi connectivity index (χ0) is 9.97. The van der Waals surface area contributed by atoms with Crippen LogP contribution in [0.15, 0.2) is 12.4 Å². The molecule has 0 aromatic carbocycles. The van der Waals surface area contributed by atoms with Crippen molar-refractivity contribution in [1.82, 2.24) is 9.97 Å². The number of nitrogens with zero attached hydrogens (tertiary/aromatic N) is 2. The van der Waals surface area contributed by atoms with Crippen LogP contribution in [0.5, 0.6) is 0 Å². The molecule has 0 aliphatic heterocycles. The second-order valence-corrected chi connectivity index (χ2v) is 3.76. The Bertz CT molecular complexity index is 299. The maximum atomic E-state index is 12.5. The molecule has 4 heteroatoms. The van der Waals surface area contributed by atoms with E-state index in [9.17, 15) is 4.39 Å². The lowest BCUT2D eigenvalue weighted by atomic mass is 10.2. The van der Waals surface area contributed by atoms with Gasteiger partial charge in [-0.3, -0.25) is 0 Å². The van der Waals surface area contributed by atoms with E-state index in [1.807, 2.05) is 0 Å². The molecule has 1 aliphatic rings. The van der Waals surface area contributed by atoms with Crippen LogP contribution in [0.3, 0.4) is 0 Å². The van der Waals surface area contributed by atoms with Crippen molar-refractivity contribution in [3.63, 3.8) is 0 Å². The molecule has 14 heavy (non-hydrogen) atoms. The molecule has 2 atom stereocenters. The zero-order valence-corrected chi connectivity index (χ0v) is 8.20. The quantitative estimate of drug-likeness (QED) is 0.800. The van der Waals surface area contributed by atoms with E-state index in [2.05, 4.69) is 22.2 Å². The zero-order valence-electron chi connectivity index (χ0n) is 8.20. The second kappa shape index (κ2) is 3.90. The highest BCUT2D eigenvalue weighted by molar-refractivity contribution is 5.28. The van der Waals surface area contributed by atoms with Crippen molar-refractivity contribution in [3.05, 3.63) is 18.2 Å². The van der Waals surface area contributed by atoms with Crippen LogP contribution in [-0.4, -0.2) is 16.0 Å². The summed E-state index contributed by atoms with van der Waals surface area (Å²) in [6.45, 7) is 2.18. The Hall–Kier alpha value is -1.19. The molecule has 1 heterocycles. The minimum absolute atomic E-state index is 0.392. The van der Waals surface area contributed by atoms with Crippen LogP contribution in [0.4, 0.5) is 10.3 Å². The summed E-state index contributed by atoms with van der Waals surface area (Å²) < 4.78 is 12.5. The van der Waals surface area contributed by atoms with Crippen molar-refractivity contribution in [2.24, 2.45) is 5.92 Å². The van der Waals surface area contributed by atoms with Gasteiger partial charge >= 0.3 is 0 Å². The standard InChI is InChI=1S/C10H14FN3/c1-2-3-7-4-9(7)14-10-12-5-8(11)6-13-10/h5-7,9H,2-4H2,1H3,(H,12,13,14). The average Bonchev–Trinajstić information content (AvgIpc) is 2.89. The van der Waals surface area contributed by atoms with Crippen LogP contribution in [0.2, 0.25) is 0 Å². The van der Waals surface area contributed by atoms with E-state index in [0.717, 1.165) is 5.92 Å². The maximum Gasteiger partial charge on any atom is 0.223 e. The molecular formula is C10H14FN3. The normalized spacial score (nSPS) is 24.7. The molecule has 3 nitrogen and oxygen atoms in total. The van der Waals surface area contributed by atoms with Crippen molar-refractivity contribution in [2.45, 2.75) is 32.2 Å². The van der Waals surface area contributed by atoms with Gasteiger partial charge in [0.25, 0.3) is 0 Å². The van der Waals surface area contributed by atoms with Gasteiger partial charge in [-0.2, -0.15) is 0 Å². The maximum absolute atomic E-state index is 12.5. The molecule has 0 amide bonds. The fourth-order valence-corrected chi connectivity index (χ4v) is 1.67. The smallest absolute Gasteiger partial charge is 0.223 e. The van der Waals surface area contributed by atoms with Crippen molar-refractivity contribution < 1.29 is 4.39 Å². The van der Waals surface area contributed by atoms with Crippen LogP contribution in [0, 0.1) is 11.7 Å². The molecule has 76 valence electrons. The highest BCUT2D eigenvalue weighted by Crippen LogP contribution is 2.36. The van der Waals surface area contributed by atoms with E-state index in [1.165, 1.54) is 31.7 Å². The Kier molecular flexibility index (Phi) is 2.61. The summed E-state index contributed by atoms with van der Waals surface area (Å²) >= 11 is 0. The van der Waals surface area contributed by atoms with Gasteiger partial charge in [0.05, 0.1) is 12.4 Å². The van der Waals surface area contributed by atoms with Gasteiger partial charge in [0.1, 0.15) is 0 Å². The van der Waals surface area contributed by atoms with Gasteiger partial charge < -0.3 is 5.32 Å². The number of hydrogen-bond donors (Lipinski definition) is 1. The Morgan fingerprint density at radius 3 is 2.86 bits per heavy atom. The van der Waals surface area contributed by atoms with E-state index in [-0.39, 0.29) is 0 Å². The fourth-order valence-electron chi connectivity index (χ4n) is 1.67. The van der Waals surface area contributed by atoms with Crippen molar-refractivity contribution in [3.8, 4) is 0 Å². The number of hydrogen-bond acceptors (Lipinski definition) is 3. The molecule has 0 saturated heterocycles. The summed E-state index contributed by atoms with van der Waals surface area (Å²) in [6.07, 6.45) is 6.03. The van der Waals surface area contributed by atoms with Gasteiger partial charge in [-0.15, -0.1) is 0 Å². The van der Waals surface area contributed by atoms with E-state index in [1.54, 1.807) is 0 Å². The first-order valence-electron chi connectivity index (χ1n) is 5.03. The van der Waals surface area contributed by atoms with E-state index >= 15 is 0 Å². The SMILES string of the molecule is CCCC1CC1Nc1ncc(F)cn1. The van der Waals surface area contributed by atoms with Gasteiger partial charge in [-0.25, -0.2) is 14.4 Å². The van der Waals surface area contributed by atoms with Crippen molar-refractivity contribution in [1.29, 1.82) is 0 Å². The Morgan fingerprint density at radius 2 is 2.21 bits per heavy atom. The average molecular weight is 195 g/mol. The van der Waals surface area contributed by atoms with Gasteiger partial charge in [0, 0.05) is 6.04 Å². The predicted molar refractivity (Wildman–Crippen MR) is 52.4 cm³/mol. The molecule has 0 radical (unpaired) electrons. The third-order valence-corrected chi connectivity index (χ3v) is 2.52. The molecule has 1 aliphatic carbocycles. The number of nitrogens with one attached hydrogen (secondary N) is 1. The van der Waals surface area contributed by atoms with E-state index < -0.39 is 5.82 Å². The molecule has 0 bridgehead atoms. The van der Waals surface area contributed by atoms with Gasteiger partial charge in [-0.1, -0.05) is 13.3 Å². The molecule has 1 aromatic heterocycles. The number of rotatable bonds is 4. The minimum Gasteiger partial charge on any atom is -0.351 e. The second-order valence-electron chi connectivity index (χ2n) is 3.76. The predicted octanol–water partition coefficient (Wildman–Crippen LogP) is 2.22. The van der Waals surface area contributed by atoms with Gasteiger partial charge in [-0.05, 0) is 18.8 Å². The molecule has 2 unspecified atom stereocenters. The summed E-state index contributed by atoms with van der Waals surface area (Å²) in [5.41, 5.74) is 0. The minimum atomic E-state index is -0.392. The monoisotopic (exact) mass is 195 g/mol. The van der Waals surface area contributed by atoms with Gasteiger partial charge in [0.2, 0.25) is 5.95 Å². The molecule has 1 saturated carbocycles. The van der Waals surface area contributed by atoms with E-state index in [0.29, 0.717) is 12.0 Å². The van der Waals surface area contributed by atoms with Crippen molar-refractivity contribution >= 4 is 5.95 Å². The summed E-state index contributed by atoms with van der Waals surface area (Å²) in [6, 6.07) is 0.500. The summed E-state index contributed by atoms with van der Waals surface area (Å²) in [7, 11) is 0. The molecule has 2 rings (SSSR count). The lowest BCUT2D eigenvalue weighted by Gasteiger charge is -2.02. The lowest BCUT2D eigenvalue weighted by Crippen LogP contribution is -2.07. The molecule has 1 aromatic rings. The van der Waals surface area contributed by atoms with E-state index in [4.69, 9.17) is 0 Å². The number of anilines is 1. The number of aromatic nitrogens is 2. The first kappa shape index (κ1) is 9.37. The van der Waals surface area contributed by atoms with Gasteiger partial charge in [0.15, 0.2) is 5.82 Å². The summed E-state index contributed by atoms with van der Waals surface area (Å²) in [5, 5.41) is 3.19. The number of halogens is 1. The fraction of sp³-hybridized carbons (Fsp3) is 0.600. The molecule has 1 fully saturated rings.